The molecule has 0 radical (unpaired) electrons. The first-order valence-electron chi connectivity index (χ1n) is 9.34. The van der Waals surface area contributed by atoms with Crippen LogP contribution in [0.2, 0.25) is 0 Å². The normalized spacial score (nSPS) is 12.6. The van der Waals surface area contributed by atoms with E-state index in [1.807, 2.05) is 12.1 Å². The summed E-state index contributed by atoms with van der Waals surface area (Å²) in [6, 6.07) is 8.76. The summed E-state index contributed by atoms with van der Waals surface area (Å²) in [7, 11) is 0. The fourth-order valence-electron chi connectivity index (χ4n) is 3.36. The largest absolute Gasteiger partial charge is 0.462 e. The number of aryl methyl sites for hydroxylation is 1. The van der Waals surface area contributed by atoms with Gasteiger partial charge >= 0.3 is 11.9 Å². The summed E-state index contributed by atoms with van der Waals surface area (Å²) in [5, 5.41) is 3.90. The standard InChI is InChI=1S/C21H19NO6S/c1-2-26-21(25)18-13-7-5-9-16(13)29-19(18)22-17(23)11-27-20(24)15-10-12-6-3-4-8-14(12)28-15/h3-4,6,8,10H,2,5,7,9,11H2,1H3,(H,22,23). The summed E-state index contributed by atoms with van der Waals surface area (Å²) in [6.07, 6.45) is 2.65. The van der Waals surface area contributed by atoms with Crippen LogP contribution in [0, 0.1) is 0 Å². The van der Waals surface area contributed by atoms with E-state index in [4.69, 9.17) is 13.9 Å². The minimum atomic E-state index is -0.726. The van der Waals surface area contributed by atoms with Crippen molar-refractivity contribution in [3.63, 3.8) is 0 Å². The zero-order valence-corrected chi connectivity index (χ0v) is 16.6. The van der Waals surface area contributed by atoms with Gasteiger partial charge in [0, 0.05) is 10.3 Å². The Hall–Kier alpha value is -3.13. The third-order valence-corrected chi connectivity index (χ3v) is 5.82. The molecule has 0 saturated carbocycles. The average Bonchev–Trinajstić information content (AvgIpc) is 3.39. The number of benzene rings is 1. The summed E-state index contributed by atoms with van der Waals surface area (Å²) in [5.74, 6) is -1.67. The minimum absolute atomic E-state index is 0.0290. The van der Waals surface area contributed by atoms with Crippen LogP contribution in [0.15, 0.2) is 34.7 Å². The average molecular weight is 413 g/mol. The van der Waals surface area contributed by atoms with Gasteiger partial charge in [-0.05, 0) is 43.9 Å². The smallest absolute Gasteiger partial charge is 0.374 e. The number of hydrogen-bond acceptors (Lipinski definition) is 7. The number of amides is 1. The Balaban J connectivity index is 1.42. The molecule has 0 unspecified atom stereocenters. The Morgan fingerprint density at radius 3 is 2.76 bits per heavy atom. The van der Waals surface area contributed by atoms with Crippen molar-refractivity contribution in [1.29, 1.82) is 0 Å². The van der Waals surface area contributed by atoms with Gasteiger partial charge in [0.1, 0.15) is 10.6 Å². The second-order valence-corrected chi connectivity index (χ2v) is 7.66. The molecule has 2 heterocycles. The molecule has 150 valence electrons. The van der Waals surface area contributed by atoms with Crippen LogP contribution in [0.3, 0.4) is 0 Å². The first-order chi connectivity index (χ1) is 14.1. The maximum Gasteiger partial charge on any atom is 0.374 e. The quantitative estimate of drug-likeness (QED) is 0.615. The lowest BCUT2D eigenvalue weighted by Gasteiger charge is -2.08. The number of nitrogens with one attached hydrogen (secondary N) is 1. The fraction of sp³-hybridized carbons (Fsp3) is 0.286. The van der Waals surface area contributed by atoms with Crippen LogP contribution in [0.4, 0.5) is 5.00 Å². The summed E-state index contributed by atoms with van der Waals surface area (Å²) in [5.41, 5.74) is 1.93. The van der Waals surface area contributed by atoms with Gasteiger partial charge in [0.15, 0.2) is 6.61 Å². The molecule has 0 atom stereocenters. The van der Waals surface area contributed by atoms with Gasteiger partial charge in [-0.25, -0.2) is 9.59 Å². The summed E-state index contributed by atoms with van der Waals surface area (Å²) < 4.78 is 15.6. The van der Waals surface area contributed by atoms with Crippen LogP contribution in [-0.2, 0) is 27.1 Å². The number of rotatable bonds is 6. The molecule has 7 nitrogen and oxygen atoms in total. The van der Waals surface area contributed by atoms with E-state index in [9.17, 15) is 14.4 Å². The molecule has 1 aromatic carbocycles. The molecule has 2 aromatic heterocycles. The first-order valence-corrected chi connectivity index (χ1v) is 10.2. The van der Waals surface area contributed by atoms with Crippen molar-refractivity contribution in [3.05, 3.63) is 52.1 Å². The number of carbonyl (C=O) groups is 3. The van der Waals surface area contributed by atoms with Crippen molar-refractivity contribution in [2.75, 3.05) is 18.5 Å². The first kappa shape index (κ1) is 19.2. The van der Waals surface area contributed by atoms with Crippen molar-refractivity contribution < 1.29 is 28.3 Å². The number of carbonyl (C=O) groups excluding carboxylic acids is 3. The number of para-hydroxylation sites is 1. The third kappa shape index (κ3) is 3.88. The van der Waals surface area contributed by atoms with Crippen molar-refractivity contribution in [1.82, 2.24) is 0 Å². The summed E-state index contributed by atoms with van der Waals surface area (Å²) >= 11 is 1.37. The van der Waals surface area contributed by atoms with Gasteiger partial charge in [0.05, 0.1) is 12.2 Å². The zero-order chi connectivity index (χ0) is 20.4. The molecule has 29 heavy (non-hydrogen) atoms. The van der Waals surface area contributed by atoms with Crippen molar-refractivity contribution in [2.45, 2.75) is 26.2 Å². The predicted octanol–water partition coefficient (Wildman–Crippen LogP) is 3.96. The van der Waals surface area contributed by atoms with E-state index < -0.39 is 24.5 Å². The van der Waals surface area contributed by atoms with E-state index in [-0.39, 0.29) is 12.4 Å². The van der Waals surface area contributed by atoms with E-state index in [1.165, 1.54) is 11.3 Å². The van der Waals surface area contributed by atoms with Crippen LogP contribution < -0.4 is 5.32 Å². The van der Waals surface area contributed by atoms with Crippen LogP contribution in [0.25, 0.3) is 11.0 Å². The van der Waals surface area contributed by atoms with Gasteiger partial charge in [0.2, 0.25) is 5.76 Å². The van der Waals surface area contributed by atoms with E-state index in [1.54, 1.807) is 25.1 Å². The highest BCUT2D eigenvalue weighted by molar-refractivity contribution is 7.17. The maximum atomic E-state index is 12.3. The lowest BCUT2D eigenvalue weighted by molar-refractivity contribution is -0.119. The number of thiophene rings is 1. The molecule has 1 aliphatic carbocycles. The van der Waals surface area contributed by atoms with Crippen LogP contribution >= 0.6 is 11.3 Å². The van der Waals surface area contributed by atoms with Gasteiger partial charge in [-0.1, -0.05) is 18.2 Å². The second kappa shape index (κ2) is 8.08. The van der Waals surface area contributed by atoms with E-state index >= 15 is 0 Å². The van der Waals surface area contributed by atoms with Crippen LogP contribution in [-0.4, -0.2) is 31.1 Å². The van der Waals surface area contributed by atoms with E-state index in [0.717, 1.165) is 35.1 Å². The molecule has 0 fully saturated rings. The molecule has 1 aliphatic rings. The molecule has 4 rings (SSSR count). The molecular formula is C21H19NO6S. The molecule has 1 N–H and O–H groups in total. The SMILES string of the molecule is CCOC(=O)c1c(NC(=O)COC(=O)c2cc3ccccc3o2)sc2c1CCC2. The monoisotopic (exact) mass is 413 g/mol. The Kier molecular flexibility index (Phi) is 5.35. The highest BCUT2D eigenvalue weighted by Crippen LogP contribution is 2.39. The minimum Gasteiger partial charge on any atom is -0.462 e. The number of anilines is 1. The molecule has 0 aliphatic heterocycles. The zero-order valence-electron chi connectivity index (χ0n) is 15.8. The molecule has 3 aromatic rings. The predicted molar refractivity (Wildman–Crippen MR) is 107 cm³/mol. The lowest BCUT2D eigenvalue weighted by Crippen LogP contribution is -2.21. The molecule has 0 spiro atoms. The number of hydrogen-bond donors (Lipinski definition) is 1. The molecule has 0 saturated heterocycles. The number of esters is 2. The Morgan fingerprint density at radius 1 is 1.14 bits per heavy atom. The van der Waals surface area contributed by atoms with Crippen LogP contribution in [0.1, 0.15) is 44.7 Å². The maximum absolute atomic E-state index is 12.3. The molecule has 8 heteroatoms. The van der Waals surface area contributed by atoms with E-state index in [0.29, 0.717) is 16.1 Å². The Bertz CT molecular complexity index is 1060. The topological polar surface area (TPSA) is 94.8 Å². The highest BCUT2D eigenvalue weighted by atomic mass is 32.1. The van der Waals surface area contributed by atoms with Gasteiger partial charge in [-0.15, -0.1) is 11.3 Å². The summed E-state index contributed by atoms with van der Waals surface area (Å²) in [4.78, 5) is 37.9. The van der Waals surface area contributed by atoms with Gasteiger partial charge in [-0.2, -0.15) is 0 Å². The molecule has 0 bridgehead atoms. The van der Waals surface area contributed by atoms with Gasteiger partial charge in [0.25, 0.3) is 5.91 Å². The van der Waals surface area contributed by atoms with Gasteiger partial charge < -0.3 is 19.2 Å². The lowest BCUT2D eigenvalue weighted by atomic mass is 10.1. The molecule has 1 amide bonds. The summed E-state index contributed by atoms with van der Waals surface area (Å²) in [6.45, 7) is 1.51. The van der Waals surface area contributed by atoms with Crippen molar-refractivity contribution in [3.8, 4) is 0 Å². The Labute approximate surface area is 170 Å². The number of fused-ring (bicyclic) bond motifs is 2. The second-order valence-electron chi connectivity index (χ2n) is 6.55. The third-order valence-electron chi connectivity index (χ3n) is 4.61. The van der Waals surface area contributed by atoms with Crippen LogP contribution in [0.5, 0.6) is 0 Å². The molecular weight excluding hydrogens is 394 g/mol. The van der Waals surface area contributed by atoms with Crippen molar-refractivity contribution in [2.24, 2.45) is 0 Å². The number of ether oxygens (including phenoxy) is 2. The fourth-order valence-corrected chi connectivity index (χ4v) is 4.65. The highest BCUT2D eigenvalue weighted by Gasteiger charge is 2.28. The Morgan fingerprint density at radius 2 is 1.97 bits per heavy atom. The van der Waals surface area contributed by atoms with E-state index in [2.05, 4.69) is 5.32 Å². The van der Waals surface area contributed by atoms with Crippen molar-refractivity contribution >= 4 is 45.2 Å². The van der Waals surface area contributed by atoms with Gasteiger partial charge in [-0.3, -0.25) is 4.79 Å². The number of furan rings is 1.